The predicted octanol–water partition coefficient (Wildman–Crippen LogP) is 3.02. The summed E-state index contributed by atoms with van der Waals surface area (Å²) in [7, 11) is 0. The van der Waals surface area contributed by atoms with Gasteiger partial charge in [0.15, 0.2) is 0 Å². The summed E-state index contributed by atoms with van der Waals surface area (Å²) in [5, 5.41) is 3.28. The maximum atomic E-state index is 5.53. The molecule has 0 saturated heterocycles. The molecule has 0 radical (unpaired) electrons. The van der Waals surface area contributed by atoms with Gasteiger partial charge in [-0.2, -0.15) is 0 Å². The highest BCUT2D eigenvalue weighted by molar-refractivity contribution is 5.76. The molecule has 102 valence electrons. The van der Waals surface area contributed by atoms with E-state index in [1.54, 1.807) is 0 Å². The van der Waals surface area contributed by atoms with Crippen LogP contribution < -0.4 is 5.32 Å². The first-order valence-corrected chi connectivity index (χ1v) is 6.72. The molecule has 0 spiro atoms. The summed E-state index contributed by atoms with van der Waals surface area (Å²) in [4.78, 5) is 9.12. The molecule has 4 heteroatoms. The van der Waals surface area contributed by atoms with Gasteiger partial charge in [0.1, 0.15) is 5.82 Å². The van der Waals surface area contributed by atoms with E-state index in [0.717, 1.165) is 35.7 Å². The van der Waals surface area contributed by atoms with Gasteiger partial charge in [0.05, 0.1) is 23.3 Å². The van der Waals surface area contributed by atoms with E-state index >= 15 is 0 Å². The second kappa shape index (κ2) is 6.48. The minimum absolute atomic E-state index is 0.571. The van der Waals surface area contributed by atoms with Crippen LogP contribution in [0.4, 0.5) is 5.82 Å². The van der Waals surface area contributed by atoms with Gasteiger partial charge in [-0.15, -0.1) is 0 Å². The first-order chi connectivity index (χ1) is 9.16. The predicted molar refractivity (Wildman–Crippen MR) is 78.4 cm³/mol. The number of hydrogen-bond donors (Lipinski definition) is 1. The van der Waals surface area contributed by atoms with Crippen LogP contribution in [0, 0.1) is 12.8 Å². The lowest BCUT2D eigenvalue weighted by atomic mass is 10.2. The minimum atomic E-state index is 0.571. The summed E-state index contributed by atoms with van der Waals surface area (Å²) in [6.07, 6.45) is 0. The zero-order valence-electron chi connectivity index (χ0n) is 11.8. The first kappa shape index (κ1) is 13.7. The van der Waals surface area contributed by atoms with Gasteiger partial charge in [-0.05, 0) is 25.0 Å². The molecular weight excluding hydrogens is 238 g/mol. The second-order valence-electron chi connectivity index (χ2n) is 5.04. The van der Waals surface area contributed by atoms with E-state index in [1.165, 1.54) is 0 Å². The molecule has 0 amide bonds. The maximum absolute atomic E-state index is 5.53. The van der Waals surface area contributed by atoms with Crippen molar-refractivity contribution in [1.29, 1.82) is 0 Å². The van der Waals surface area contributed by atoms with Crippen molar-refractivity contribution in [2.45, 2.75) is 20.8 Å². The topological polar surface area (TPSA) is 47.0 Å². The summed E-state index contributed by atoms with van der Waals surface area (Å²) in [5.41, 5.74) is 2.77. The fourth-order valence-electron chi connectivity index (χ4n) is 1.82. The van der Waals surface area contributed by atoms with Crippen molar-refractivity contribution >= 4 is 16.9 Å². The summed E-state index contributed by atoms with van der Waals surface area (Å²) in [6.45, 7) is 8.49. The molecule has 0 aliphatic carbocycles. The molecule has 0 aliphatic heterocycles. The van der Waals surface area contributed by atoms with Crippen LogP contribution in [0.3, 0.4) is 0 Å². The number of para-hydroxylation sites is 2. The highest BCUT2D eigenvalue weighted by atomic mass is 16.5. The molecule has 0 saturated carbocycles. The van der Waals surface area contributed by atoms with E-state index in [1.807, 2.05) is 31.2 Å². The Labute approximate surface area is 114 Å². The average Bonchev–Trinajstić information content (AvgIpc) is 2.38. The number of nitrogens with one attached hydrogen (secondary N) is 1. The molecule has 4 nitrogen and oxygen atoms in total. The number of aryl methyl sites for hydroxylation is 1. The van der Waals surface area contributed by atoms with E-state index in [0.29, 0.717) is 12.5 Å². The van der Waals surface area contributed by atoms with Crippen molar-refractivity contribution in [2.75, 3.05) is 25.1 Å². The Kier molecular flexibility index (Phi) is 4.68. The van der Waals surface area contributed by atoms with Crippen molar-refractivity contribution in [3.05, 3.63) is 30.0 Å². The lowest BCUT2D eigenvalue weighted by Crippen LogP contribution is -2.14. The Morgan fingerprint density at radius 3 is 2.53 bits per heavy atom. The van der Waals surface area contributed by atoms with Crippen LogP contribution in [0.1, 0.15) is 19.5 Å². The van der Waals surface area contributed by atoms with E-state index < -0.39 is 0 Å². The third-order valence-electron chi connectivity index (χ3n) is 2.73. The molecule has 1 heterocycles. The lowest BCUT2D eigenvalue weighted by molar-refractivity contribution is 0.118. The molecule has 0 atom stereocenters. The quantitative estimate of drug-likeness (QED) is 0.810. The third-order valence-corrected chi connectivity index (χ3v) is 2.73. The number of ether oxygens (including phenoxy) is 1. The van der Waals surface area contributed by atoms with Crippen molar-refractivity contribution in [1.82, 2.24) is 9.97 Å². The van der Waals surface area contributed by atoms with Gasteiger partial charge in [-0.25, -0.2) is 9.97 Å². The zero-order valence-corrected chi connectivity index (χ0v) is 11.8. The van der Waals surface area contributed by atoms with Crippen molar-refractivity contribution in [2.24, 2.45) is 5.92 Å². The van der Waals surface area contributed by atoms with Crippen LogP contribution in [0.2, 0.25) is 0 Å². The third kappa shape index (κ3) is 3.89. The Hall–Kier alpha value is -1.68. The average molecular weight is 259 g/mol. The fourth-order valence-corrected chi connectivity index (χ4v) is 1.82. The SMILES string of the molecule is Cc1nc2ccccc2nc1NCCOCC(C)C. The molecule has 0 unspecified atom stereocenters. The summed E-state index contributed by atoms with van der Waals surface area (Å²) >= 11 is 0. The summed E-state index contributed by atoms with van der Waals surface area (Å²) in [6, 6.07) is 7.90. The first-order valence-electron chi connectivity index (χ1n) is 6.72. The number of hydrogen-bond acceptors (Lipinski definition) is 4. The number of aromatic nitrogens is 2. The summed E-state index contributed by atoms with van der Waals surface area (Å²) < 4.78 is 5.53. The number of anilines is 1. The van der Waals surface area contributed by atoms with Gasteiger partial charge >= 0.3 is 0 Å². The van der Waals surface area contributed by atoms with Gasteiger partial charge in [0, 0.05) is 13.2 Å². The molecule has 0 fully saturated rings. The smallest absolute Gasteiger partial charge is 0.148 e. The Balaban J connectivity index is 1.95. The lowest BCUT2D eigenvalue weighted by Gasteiger charge is -2.10. The molecule has 2 aromatic rings. The van der Waals surface area contributed by atoms with Crippen LogP contribution >= 0.6 is 0 Å². The number of rotatable bonds is 6. The summed E-state index contributed by atoms with van der Waals surface area (Å²) in [5.74, 6) is 1.41. The Bertz CT molecular complexity index is 540. The van der Waals surface area contributed by atoms with Crippen LogP contribution in [-0.4, -0.2) is 29.7 Å². The Morgan fingerprint density at radius 2 is 1.84 bits per heavy atom. The molecule has 1 aromatic heterocycles. The molecule has 1 aromatic carbocycles. The van der Waals surface area contributed by atoms with Crippen LogP contribution in [0.15, 0.2) is 24.3 Å². The van der Waals surface area contributed by atoms with E-state index in [-0.39, 0.29) is 0 Å². The van der Waals surface area contributed by atoms with E-state index in [4.69, 9.17) is 4.74 Å². The van der Waals surface area contributed by atoms with Crippen molar-refractivity contribution < 1.29 is 4.74 Å². The van der Waals surface area contributed by atoms with Gasteiger partial charge in [-0.1, -0.05) is 26.0 Å². The molecular formula is C15H21N3O. The number of nitrogens with zero attached hydrogens (tertiary/aromatic N) is 2. The van der Waals surface area contributed by atoms with E-state index in [9.17, 15) is 0 Å². The monoisotopic (exact) mass is 259 g/mol. The normalized spacial score (nSPS) is 11.2. The highest BCUT2D eigenvalue weighted by Gasteiger charge is 2.04. The van der Waals surface area contributed by atoms with Gasteiger partial charge < -0.3 is 10.1 Å². The fraction of sp³-hybridized carbons (Fsp3) is 0.467. The van der Waals surface area contributed by atoms with Crippen LogP contribution in [-0.2, 0) is 4.74 Å². The zero-order chi connectivity index (χ0) is 13.7. The second-order valence-corrected chi connectivity index (χ2v) is 5.04. The highest BCUT2D eigenvalue weighted by Crippen LogP contribution is 2.15. The van der Waals surface area contributed by atoms with Crippen molar-refractivity contribution in [3.63, 3.8) is 0 Å². The molecule has 0 aliphatic rings. The number of benzene rings is 1. The molecule has 0 bridgehead atoms. The van der Waals surface area contributed by atoms with Gasteiger partial charge in [-0.3, -0.25) is 0 Å². The largest absolute Gasteiger partial charge is 0.379 e. The standard InChI is InChI=1S/C15H21N3O/c1-11(2)10-19-9-8-16-15-12(3)17-13-6-4-5-7-14(13)18-15/h4-7,11H,8-10H2,1-3H3,(H,16,18). The molecule has 2 rings (SSSR count). The van der Waals surface area contributed by atoms with Crippen LogP contribution in [0.25, 0.3) is 11.0 Å². The van der Waals surface area contributed by atoms with Gasteiger partial charge in [0.25, 0.3) is 0 Å². The van der Waals surface area contributed by atoms with Crippen LogP contribution in [0.5, 0.6) is 0 Å². The van der Waals surface area contributed by atoms with Crippen molar-refractivity contribution in [3.8, 4) is 0 Å². The number of fused-ring (bicyclic) bond motifs is 1. The van der Waals surface area contributed by atoms with E-state index in [2.05, 4.69) is 29.1 Å². The Morgan fingerprint density at radius 1 is 1.16 bits per heavy atom. The van der Waals surface area contributed by atoms with Gasteiger partial charge in [0.2, 0.25) is 0 Å². The molecule has 1 N–H and O–H groups in total. The minimum Gasteiger partial charge on any atom is -0.379 e. The maximum Gasteiger partial charge on any atom is 0.148 e. The molecule has 19 heavy (non-hydrogen) atoms.